The van der Waals surface area contributed by atoms with Crippen molar-refractivity contribution in [1.29, 1.82) is 0 Å². The Hall–Kier alpha value is -2.63. The highest BCUT2D eigenvalue weighted by molar-refractivity contribution is 5.91. The number of furan rings is 1. The predicted molar refractivity (Wildman–Crippen MR) is 85.2 cm³/mol. The average Bonchev–Trinajstić information content (AvgIpc) is 3.31. The quantitative estimate of drug-likeness (QED) is 0.746. The van der Waals surface area contributed by atoms with Gasteiger partial charge in [0.1, 0.15) is 11.3 Å². The number of pyridine rings is 1. The van der Waals surface area contributed by atoms with Crippen molar-refractivity contribution in [2.75, 3.05) is 13.1 Å². The number of hydrogen-bond acceptors (Lipinski definition) is 4. The third-order valence-electron chi connectivity index (χ3n) is 4.42. The van der Waals surface area contributed by atoms with Crippen LogP contribution >= 0.6 is 0 Å². The van der Waals surface area contributed by atoms with Gasteiger partial charge in [0, 0.05) is 31.7 Å². The number of carbonyl (C=O) groups is 1. The smallest absolute Gasteiger partial charge is 0.289 e. The standard InChI is InChI=1S/C17H18N4O2/c1-2-21-15(19-13-5-3-8-18-16(13)21)12-7-9-20(11-12)17(22)14-6-4-10-23-14/h3-6,8,10,12H,2,7,9,11H2,1H3. The average molecular weight is 310 g/mol. The van der Waals surface area contributed by atoms with Crippen LogP contribution in [0.25, 0.3) is 11.2 Å². The molecule has 1 aliphatic heterocycles. The Morgan fingerprint density at radius 1 is 1.39 bits per heavy atom. The number of imidazole rings is 1. The van der Waals surface area contributed by atoms with Gasteiger partial charge >= 0.3 is 0 Å². The summed E-state index contributed by atoms with van der Waals surface area (Å²) in [5.74, 6) is 1.62. The lowest BCUT2D eigenvalue weighted by Gasteiger charge is -2.15. The number of fused-ring (bicyclic) bond motifs is 1. The van der Waals surface area contributed by atoms with E-state index in [0.717, 1.165) is 36.5 Å². The Morgan fingerprint density at radius 2 is 2.30 bits per heavy atom. The second-order valence-corrected chi connectivity index (χ2v) is 5.77. The Balaban J connectivity index is 1.61. The zero-order valence-corrected chi connectivity index (χ0v) is 13.0. The van der Waals surface area contributed by atoms with Gasteiger partial charge in [-0.25, -0.2) is 9.97 Å². The van der Waals surface area contributed by atoms with Crippen LogP contribution in [0.3, 0.4) is 0 Å². The molecular formula is C17H18N4O2. The number of amides is 1. The van der Waals surface area contributed by atoms with Crippen molar-refractivity contribution >= 4 is 17.1 Å². The largest absolute Gasteiger partial charge is 0.459 e. The number of aryl methyl sites for hydroxylation is 1. The number of hydrogen-bond donors (Lipinski definition) is 0. The Labute approximate surface area is 133 Å². The first-order chi connectivity index (χ1) is 11.3. The first kappa shape index (κ1) is 14.0. The molecule has 1 fully saturated rings. The van der Waals surface area contributed by atoms with E-state index in [2.05, 4.69) is 16.5 Å². The second-order valence-electron chi connectivity index (χ2n) is 5.77. The molecular weight excluding hydrogens is 292 g/mol. The SMILES string of the molecule is CCn1c(C2CCN(C(=O)c3ccco3)C2)nc2cccnc21. The molecule has 3 aromatic heterocycles. The zero-order chi connectivity index (χ0) is 15.8. The van der Waals surface area contributed by atoms with E-state index in [1.54, 1.807) is 18.3 Å². The highest BCUT2D eigenvalue weighted by Crippen LogP contribution is 2.29. The van der Waals surface area contributed by atoms with Crippen LogP contribution in [0.4, 0.5) is 0 Å². The lowest BCUT2D eigenvalue weighted by molar-refractivity contribution is 0.0759. The topological polar surface area (TPSA) is 64.2 Å². The molecule has 23 heavy (non-hydrogen) atoms. The maximum atomic E-state index is 12.4. The van der Waals surface area contributed by atoms with E-state index in [1.807, 2.05) is 17.0 Å². The van der Waals surface area contributed by atoms with Crippen LogP contribution in [0.2, 0.25) is 0 Å². The first-order valence-corrected chi connectivity index (χ1v) is 7.92. The Kier molecular flexibility index (Phi) is 3.37. The van der Waals surface area contributed by atoms with E-state index in [-0.39, 0.29) is 11.8 Å². The summed E-state index contributed by atoms with van der Waals surface area (Å²) in [6.07, 6.45) is 4.24. The number of carbonyl (C=O) groups excluding carboxylic acids is 1. The third-order valence-corrected chi connectivity index (χ3v) is 4.42. The maximum absolute atomic E-state index is 12.4. The first-order valence-electron chi connectivity index (χ1n) is 7.92. The number of rotatable bonds is 3. The normalized spacial score (nSPS) is 18.0. The molecule has 0 aromatic carbocycles. The van der Waals surface area contributed by atoms with E-state index in [9.17, 15) is 4.79 Å². The van der Waals surface area contributed by atoms with Crippen molar-refractivity contribution < 1.29 is 9.21 Å². The van der Waals surface area contributed by atoms with Gasteiger partial charge in [-0.3, -0.25) is 4.79 Å². The molecule has 4 heterocycles. The van der Waals surface area contributed by atoms with E-state index in [1.165, 1.54) is 6.26 Å². The van der Waals surface area contributed by atoms with Crippen LogP contribution < -0.4 is 0 Å². The maximum Gasteiger partial charge on any atom is 0.289 e. The van der Waals surface area contributed by atoms with Crippen LogP contribution in [0.15, 0.2) is 41.1 Å². The lowest BCUT2D eigenvalue weighted by atomic mass is 10.1. The summed E-state index contributed by atoms with van der Waals surface area (Å²) in [7, 11) is 0. The van der Waals surface area contributed by atoms with Crippen LogP contribution in [0.5, 0.6) is 0 Å². The molecule has 3 aromatic rings. The molecule has 0 aliphatic carbocycles. The fourth-order valence-corrected chi connectivity index (χ4v) is 3.31. The van der Waals surface area contributed by atoms with Crippen LogP contribution in [0.1, 0.15) is 35.6 Å². The number of nitrogens with zero attached hydrogens (tertiary/aromatic N) is 4. The molecule has 1 amide bonds. The molecule has 118 valence electrons. The summed E-state index contributed by atoms with van der Waals surface area (Å²) in [6, 6.07) is 7.34. The Bertz CT molecular complexity index is 838. The van der Waals surface area contributed by atoms with Crippen molar-refractivity contribution in [3.05, 3.63) is 48.3 Å². The minimum Gasteiger partial charge on any atom is -0.459 e. The summed E-state index contributed by atoms with van der Waals surface area (Å²) in [5.41, 5.74) is 1.83. The molecule has 0 radical (unpaired) electrons. The summed E-state index contributed by atoms with van der Waals surface area (Å²) in [4.78, 5) is 23.5. The molecule has 4 rings (SSSR count). The van der Waals surface area contributed by atoms with Gasteiger partial charge in [-0.05, 0) is 37.6 Å². The monoisotopic (exact) mass is 310 g/mol. The van der Waals surface area contributed by atoms with Crippen LogP contribution in [-0.4, -0.2) is 38.4 Å². The highest BCUT2D eigenvalue weighted by atomic mass is 16.3. The van der Waals surface area contributed by atoms with Gasteiger partial charge in [-0.1, -0.05) is 0 Å². The van der Waals surface area contributed by atoms with Gasteiger partial charge in [0.15, 0.2) is 11.4 Å². The van der Waals surface area contributed by atoms with Crippen molar-refractivity contribution in [2.45, 2.75) is 25.8 Å². The van der Waals surface area contributed by atoms with Gasteiger partial charge in [-0.2, -0.15) is 0 Å². The van der Waals surface area contributed by atoms with Crippen molar-refractivity contribution in [2.24, 2.45) is 0 Å². The molecule has 0 N–H and O–H groups in total. The number of likely N-dealkylation sites (tertiary alicyclic amines) is 1. The summed E-state index contributed by atoms with van der Waals surface area (Å²) in [6.45, 7) is 4.32. The molecule has 0 saturated carbocycles. The number of aromatic nitrogens is 3. The molecule has 0 spiro atoms. The van der Waals surface area contributed by atoms with Gasteiger partial charge < -0.3 is 13.9 Å². The van der Waals surface area contributed by atoms with Gasteiger partial charge in [0.2, 0.25) is 0 Å². The fourth-order valence-electron chi connectivity index (χ4n) is 3.31. The minimum atomic E-state index is -0.0465. The highest BCUT2D eigenvalue weighted by Gasteiger charge is 2.32. The lowest BCUT2D eigenvalue weighted by Crippen LogP contribution is -2.28. The van der Waals surface area contributed by atoms with Crippen LogP contribution in [0, 0.1) is 0 Å². The molecule has 1 atom stereocenters. The van der Waals surface area contributed by atoms with Crippen molar-refractivity contribution in [1.82, 2.24) is 19.4 Å². The van der Waals surface area contributed by atoms with E-state index < -0.39 is 0 Å². The summed E-state index contributed by atoms with van der Waals surface area (Å²) in [5, 5.41) is 0. The van der Waals surface area contributed by atoms with Crippen LogP contribution in [-0.2, 0) is 6.54 Å². The zero-order valence-electron chi connectivity index (χ0n) is 13.0. The minimum absolute atomic E-state index is 0.0465. The molecule has 0 bridgehead atoms. The molecule has 1 unspecified atom stereocenters. The Morgan fingerprint density at radius 3 is 3.09 bits per heavy atom. The van der Waals surface area contributed by atoms with E-state index in [4.69, 9.17) is 9.40 Å². The molecule has 6 nitrogen and oxygen atoms in total. The van der Waals surface area contributed by atoms with Gasteiger partial charge in [0.25, 0.3) is 5.91 Å². The van der Waals surface area contributed by atoms with Crippen molar-refractivity contribution in [3.63, 3.8) is 0 Å². The molecule has 1 saturated heterocycles. The van der Waals surface area contributed by atoms with Gasteiger partial charge in [-0.15, -0.1) is 0 Å². The second kappa shape index (κ2) is 5.53. The molecule has 1 aliphatic rings. The predicted octanol–water partition coefficient (Wildman–Crippen LogP) is 2.67. The van der Waals surface area contributed by atoms with E-state index in [0.29, 0.717) is 12.3 Å². The fraction of sp³-hybridized carbons (Fsp3) is 0.353. The van der Waals surface area contributed by atoms with Gasteiger partial charge in [0.05, 0.1) is 6.26 Å². The third kappa shape index (κ3) is 2.30. The van der Waals surface area contributed by atoms with E-state index >= 15 is 0 Å². The summed E-state index contributed by atoms with van der Waals surface area (Å²) < 4.78 is 7.37. The van der Waals surface area contributed by atoms with Crippen molar-refractivity contribution in [3.8, 4) is 0 Å². The molecule has 6 heteroatoms. The summed E-state index contributed by atoms with van der Waals surface area (Å²) >= 11 is 0.